The van der Waals surface area contributed by atoms with Gasteiger partial charge in [-0.15, -0.1) is 0 Å². The van der Waals surface area contributed by atoms with Gasteiger partial charge >= 0.3 is 0 Å². The van der Waals surface area contributed by atoms with Gasteiger partial charge in [0.05, 0.1) is 13.2 Å². The SMILES string of the molecule is CCCCCCCCOc1cc(C)cc(OCC(CCC)CCCCCC)c1. The molecule has 1 aromatic carbocycles. The minimum absolute atomic E-state index is 0.676. The zero-order chi connectivity index (χ0) is 20.5. The van der Waals surface area contributed by atoms with Crippen LogP contribution in [0.3, 0.4) is 0 Å². The second-order valence-corrected chi connectivity index (χ2v) is 8.41. The molecule has 1 rings (SSSR count). The Morgan fingerprint density at radius 2 is 1.25 bits per heavy atom. The lowest BCUT2D eigenvalue weighted by atomic mass is 9.97. The van der Waals surface area contributed by atoms with Gasteiger partial charge in [-0.25, -0.2) is 0 Å². The van der Waals surface area contributed by atoms with E-state index < -0.39 is 0 Å². The maximum atomic E-state index is 6.19. The number of hydrogen-bond acceptors (Lipinski definition) is 2. The van der Waals surface area contributed by atoms with E-state index in [0.29, 0.717) is 5.92 Å². The van der Waals surface area contributed by atoms with Crippen molar-refractivity contribution in [1.82, 2.24) is 0 Å². The van der Waals surface area contributed by atoms with Crippen LogP contribution in [0.25, 0.3) is 0 Å². The number of aryl methyl sites for hydroxylation is 1. The lowest BCUT2D eigenvalue weighted by Crippen LogP contribution is -2.12. The van der Waals surface area contributed by atoms with E-state index in [-0.39, 0.29) is 0 Å². The molecule has 162 valence electrons. The fraction of sp³-hybridized carbons (Fsp3) is 0.769. The number of ether oxygens (including phenoxy) is 2. The van der Waals surface area contributed by atoms with Crippen LogP contribution < -0.4 is 9.47 Å². The fourth-order valence-corrected chi connectivity index (χ4v) is 3.75. The minimum atomic E-state index is 0.676. The zero-order valence-corrected chi connectivity index (χ0v) is 19.2. The number of unbranched alkanes of at least 4 members (excludes halogenated alkanes) is 8. The third-order valence-electron chi connectivity index (χ3n) is 5.44. The van der Waals surface area contributed by atoms with E-state index in [2.05, 4.69) is 45.9 Å². The van der Waals surface area contributed by atoms with Crippen LogP contribution in [0.5, 0.6) is 11.5 Å². The van der Waals surface area contributed by atoms with Crippen LogP contribution in [0.15, 0.2) is 18.2 Å². The van der Waals surface area contributed by atoms with Crippen LogP contribution in [0.2, 0.25) is 0 Å². The van der Waals surface area contributed by atoms with Gasteiger partial charge in [0.15, 0.2) is 0 Å². The largest absolute Gasteiger partial charge is 0.493 e. The number of rotatable bonds is 18. The van der Waals surface area contributed by atoms with Gasteiger partial charge in [-0.2, -0.15) is 0 Å². The Hall–Kier alpha value is -1.18. The number of benzene rings is 1. The molecule has 0 aromatic heterocycles. The monoisotopic (exact) mass is 390 g/mol. The average Bonchev–Trinajstić information content (AvgIpc) is 2.68. The van der Waals surface area contributed by atoms with Gasteiger partial charge < -0.3 is 9.47 Å². The molecule has 1 unspecified atom stereocenters. The standard InChI is InChI=1S/C26H46O2/c1-5-8-10-12-13-15-18-27-25-19-23(4)20-26(21-25)28-22-24(16-7-3)17-14-11-9-6-2/h19-21,24H,5-18,22H2,1-4H3. The first-order chi connectivity index (χ1) is 13.7. The summed E-state index contributed by atoms with van der Waals surface area (Å²) < 4.78 is 12.2. The van der Waals surface area contributed by atoms with E-state index in [4.69, 9.17) is 9.47 Å². The lowest BCUT2D eigenvalue weighted by Gasteiger charge is -2.18. The van der Waals surface area contributed by atoms with Gasteiger partial charge in [0, 0.05) is 6.07 Å². The highest BCUT2D eigenvalue weighted by atomic mass is 16.5. The molecule has 0 aliphatic heterocycles. The van der Waals surface area contributed by atoms with Crippen molar-refractivity contribution in [2.75, 3.05) is 13.2 Å². The molecule has 0 N–H and O–H groups in total. The molecule has 1 aromatic rings. The number of hydrogen-bond donors (Lipinski definition) is 0. The van der Waals surface area contributed by atoms with Crippen molar-refractivity contribution in [2.24, 2.45) is 5.92 Å². The molecule has 0 spiro atoms. The normalized spacial score (nSPS) is 12.1. The van der Waals surface area contributed by atoms with Gasteiger partial charge in [-0.3, -0.25) is 0 Å². The van der Waals surface area contributed by atoms with Crippen LogP contribution >= 0.6 is 0 Å². The predicted molar refractivity (Wildman–Crippen MR) is 123 cm³/mol. The Balaban J connectivity index is 2.39. The Bertz CT molecular complexity index is 483. The first kappa shape index (κ1) is 24.9. The molecule has 0 saturated carbocycles. The predicted octanol–water partition coefficient (Wildman–Crippen LogP) is 8.50. The van der Waals surface area contributed by atoms with Crippen molar-refractivity contribution < 1.29 is 9.47 Å². The molecule has 0 aliphatic carbocycles. The van der Waals surface area contributed by atoms with Gasteiger partial charge in [0.2, 0.25) is 0 Å². The molecule has 28 heavy (non-hydrogen) atoms. The summed E-state index contributed by atoms with van der Waals surface area (Å²) in [6, 6.07) is 6.33. The Morgan fingerprint density at radius 3 is 1.93 bits per heavy atom. The van der Waals surface area contributed by atoms with E-state index in [9.17, 15) is 0 Å². The van der Waals surface area contributed by atoms with Crippen LogP contribution in [0.4, 0.5) is 0 Å². The Kier molecular flexibility index (Phi) is 14.9. The summed E-state index contributed by atoms with van der Waals surface area (Å²) in [5, 5.41) is 0. The molecule has 1 atom stereocenters. The lowest BCUT2D eigenvalue weighted by molar-refractivity contribution is 0.225. The van der Waals surface area contributed by atoms with Crippen molar-refractivity contribution in [1.29, 1.82) is 0 Å². The smallest absolute Gasteiger partial charge is 0.123 e. The van der Waals surface area contributed by atoms with Gasteiger partial charge in [0.1, 0.15) is 11.5 Å². The van der Waals surface area contributed by atoms with Gasteiger partial charge in [-0.1, -0.05) is 85.0 Å². The summed E-state index contributed by atoms with van der Waals surface area (Å²) in [4.78, 5) is 0. The third-order valence-corrected chi connectivity index (χ3v) is 5.44. The molecule has 0 saturated heterocycles. The zero-order valence-electron chi connectivity index (χ0n) is 19.2. The quantitative estimate of drug-likeness (QED) is 0.234. The van der Waals surface area contributed by atoms with E-state index in [1.54, 1.807) is 0 Å². The summed E-state index contributed by atoms with van der Waals surface area (Å²) in [5.41, 5.74) is 1.21. The van der Waals surface area contributed by atoms with E-state index in [0.717, 1.165) is 31.1 Å². The highest BCUT2D eigenvalue weighted by molar-refractivity contribution is 5.37. The molecular formula is C26H46O2. The van der Waals surface area contributed by atoms with Crippen molar-refractivity contribution >= 4 is 0 Å². The Morgan fingerprint density at radius 1 is 0.643 bits per heavy atom. The molecule has 0 aliphatic rings. The van der Waals surface area contributed by atoms with E-state index in [1.807, 2.05) is 0 Å². The average molecular weight is 391 g/mol. The molecular weight excluding hydrogens is 344 g/mol. The summed E-state index contributed by atoms with van der Waals surface area (Å²) in [6.45, 7) is 10.6. The molecule has 2 nitrogen and oxygen atoms in total. The van der Waals surface area contributed by atoms with Crippen molar-refractivity contribution in [3.63, 3.8) is 0 Å². The van der Waals surface area contributed by atoms with Crippen LogP contribution in [0.1, 0.15) is 110 Å². The third kappa shape index (κ3) is 12.3. The Labute approximate surface area is 175 Å². The molecule has 0 radical (unpaired) electrons. The van der Waals surface area contributed by atoms with Gasteiger partial charge in [-0.05, 0) is 49.8 Å². The summed E-state index contributed by atoms with van der Waals surface area (Å²) in [6.07, 6.45) is 16.9. The maximum absolute atomic E-state index is 6.19. The topological polar surface area (TPSA) is 18.5 Å². The first-order valence-corrected chi connectivity index (χ1v) is 12.1. The first-order valence-electron chi connectivity index (χ1n) is 12.1. The maximum Gasteiger partial charge on any atom is 0.123 e. The van der Waals surface area contributed by atoms with E-state index >= 15 is 0 Å². The molecule has 0 bridgehead atoms. The van der Waals surface area contributed by atoms with Gasteiger partial charge in [0.25, 0.3) is 0 Å². The molecule has 0 amide bonds. The molecule has 0 heterocycles. The van der Waals surface area contributed by atoms with Crippen molar-refractivity contribution in [3.8, 4) is 11.5 Å². The molecule has 2 heteroatoms. The van der Waals surface area contributed by atoms with Crippen LogP contribution in [-0.2, 0) is 0 Å². The van der Waals surface area contributed by atoms with Crippen molar-refractivity contribution in [2.45, 2.75) is 111 Å². The van der Waals surface area contributed by atoms with E-state index in [1.165, 1.54) is 82.6 Å². The van der Waals surface area contributed by atoms with Crippen LogP contribution in [-0.4, -0.2) is 13.2 Å². The minimum Gasteiger partial charge on any atom is -0.493 e. The highest BCUT2D eigenvalue weighted by Crippen LogP contribution is 2.25. The van der Waals surface area contributed by atoms with Crippen LogP contribution in [0, 0.1) is 12.8 Å². The second-order valence-electron chi connectivity index (χ2n) is 8.41. The second kappa shape index (κ2) is 16.7. The molecule has 0 fully saturated rings. The summed E-state index contributed by atoms with van der Waals surface area (Å²) in [7, 11) is 0. The summed E-state index contributed by atoms with van der Waals surface area (Å²) in [5.74, 6) is 2.60. The fourth-order valence-electron chi connectivity index (χ4n) is 3.75. The highest BCUT2D eigenvalue weighted by Gasteiger charge is 2.10. The summed E-state index contributed by atoms with van der Waals surface area (Å²) >= 11 is 0. The van der Waals surface area contributed by atoms with Crippen molar-refractivity contribution in [3.05, 3.63) is 23.8 Å².